The Morgan fingerprint density at radius 1 is 1.37 bits per heavy atom. The van der Waals surface area contributed by atoms with Gasteiger partial charge in [0, 0.05) is 49.8 Å². The van der Waals surface area contributed by atoms with Gasteiger partial charge < -0.3 is 15.5 Å². The summed E-state index contributed by atoms with van der Waals surface area (Å²) in [6.45, 7) is 4.20. The summed E-state index contributed by atoms with van der Waals surface area (Å²) >= 11 is 1.89. The minimum absolute atomic E-state index is 0. The largest absolute Gasteiger partial charge is 0.342 e. The second-order valence-electron chi connectivity index (χ2n) is 6.82. The highest BCUT2D eigenvalue weighted by atomic mass is 35.5. The smallest absolute Gasteiger partial charge is 0.230 e. The molecule has 2 unspecified atom stereocenters. The summed E-state index contributed by atoms with van der Waals surface area (Å²) in [6.07, 6.45) is 3.96. The lowest BCUT2D eigenvalue weighted by molar-refractivity contribution is -0.135. The third-order valence-electron chi connectivity index (χ3n) is 4.73. The molecule has 2 N–H and O–H groups in total. The molecule has 1 aromatic rings. The molecule has 0 aliphatic carbocycles. The quantitative estimate of drug-likeness (QED) is 0.761. The molecule has 6 nitrogen and oxygen atoms in total. The number of anilines is 1. The summed E-state index contributed by atoms with van der Waals surface area (Å²) in [7, 11) is 0. The van der Waals surface area contributed by atoms with Crippen LogP contribution in [0.25, 0.3) is 0 Å². The SMILES string of the molecule is Cc1ccc(NC(=O)C2CCCN(C(=O)CC3CSCCN3)C2)nc1.Cl.Cl. The molecule has 0 saturated carbocycles. The lowest BCUT2D eigenvalue weighted by Gasteiger charge is -2.33. The maximum atomic E-state index is 12.6. The first-order chi connectivity index (χ1) is 12.1. The van der Waals surface area contributed by atoms with Crippen molar-refractivity contribution in [2.75, 3.05) is 36.5 Å². The van der Waals surface area contributed by atoms with Crippen molar-refractivity contribution in [2.45, 2.75) is 32.2 Å². The van der Waals surface area contributed by atoms with Crippen molar-refractivity contribution in [1.82, 2.24) is 15.2 Å². The van der Waals surface area contributed by atoms with Crippen molar-refractivity contribution in [3.8, 4) is 0 Å². The van der Waals surface area contributed by atoms with Crippen LogP contribution in [0.1, 0.15) is 24.8 Å². The highest BCUT2D eigenvalue weighted by molar-refractivity contribution is 7.99. The van der Waals surface area contributed by atoms with Gasteiger partial charge in [-0.3, -0.25) is 9.59 Å². The molecule has 0 aromatic carbocycles. The molecule has 0 bridgehead atoms. The first-order valence-electron chi connectivity index (χ1n) is 8.94. The van der Waals surface area contributed by atoms with Crippen molar-refractivity contribution in [1.29, 1.82) is 0 Å². The molecule has 2 amide bonds. The van der Waals surface area contributed by atoms with E-state index in [1.165, 1.54) is 0 Å². The van der Waals surface area contributed by atoms with Gasteiger partial charge in [-0.25, -0.2) is 4.98 Å². The number of halogens is 2. The van der Waals surface area contributed by atoms with Gasteiger partial charge in [-0.2, -0.15) is 11.8 Å². The van der Waals surface area contributed by atoms with Gasteiger partial charge in [-0.05, 0) is 31.4 Å². The number of pyridine rings is 1. The lowest BCUT2D eigenvalue weighted by Crippen LogP contribution is -2.47. The number of aryl methyl sites for hydroxylation is 1. The first kappa shape index (κ1) is 24.0. The number of amides is 2. The summed E-state index contributed by atoms with van der Waals surface area (Å²) in [5, 5.41) is 6.28. The van der Waals surface area contributed by atoms with Crippen LogP contribution < -0.4 is 10.6 Å². The average Bonchev–Trinajstić information content (AvgIpc) is 2.64. The van der Waals surface area contributed by atoms with Crippen LogP contribution in [0.15, 0.2) is 18.3 Å². The van der Waals surface area contributed by atoms with E-state index in [-0.39, 0.29) is 48.6 Å². The van der Waals surface area contributed by atoms with Gasteiger partial charge in [0.1, 0.15) is 5.82 Å². The van der Waals surface area contributed by atoms with Crippen molar-refractivity contribution >= 4 is 54.2 Å². The van der Waals surface area contributed by atoms with Gasteiger partial charge in [0.25, 0.3) is 0 Å². The number of piperidine rings is 1. The molecular weight excluding hydrogens is 407 g/mol. The maximum Gasteiger partial charge on any atom is 0.230 e. The molecule has 3 rings (SSSR count). The van der Waals surface area contributed by atoms with E-state index < -0.39 is 0 Å². The van der Waals surface area contributed by atoms with Crippen LogP contribution in [-0.2, 0) is 9.59 Å². The van der Waals surface area contributed by atoms with Crippen LogP contribution in [0, 0.1) is 12.8 Å². The second-order valence-corrected chi connectivity index (χ2v) is 7.97. The highest BCUT2D eigenvalue weighted by Crippen LogP contribution is 2.20. The summed E-state index contributed by atoms with van der Waals surface area (Å²) in [5.41, 5.74) is 1.06. The molecule has 0 radical (unpaired) electrons. The van der Waals surface area contributed by atoms with Crippen LogP contribution in [0.3, 0.4) is 0 Å². The molecule has 152 valence electrons. The predicted octanol–water partition coefficient (Wildman–Crippen LogP) is 2.51. The van der Waals surface area contributed by atoms with Gasteiger partial charge in [0.2, 0.25) is 11.8 Å². The Morgan fingerprint density at radius 2 is 2.19 bits per heavy atom. The summed E-state index contributed by atoms with van der Waals surface area (Å²) in [6, 6.07) is 4.00. The molecule has 2 atom stereocenters. The van der Waals surface area contributed by atoms with Crippen LogP contribution in [0.2, 0.25) is 0 Å². The van der Waals surface area contributed by atoms with Crippen molar-refractivity contribution in [3.05, 3.63) is 23.9 Å². The summed E-state index contributed by atoms with van der Waals surface area (Å²) in [5.74, 6) is 2.63. The zero-order chi connectivity index (χ0) is 17.6. The zero-order valence-corrected chi connectivity index (χ0v) is 17.9. The van der Waals surface area contributed by atoms with Crippen molar-refractivity contribution in [3.63, 3.8) is 0 Å². The minimum atomic E-state index is -0.158. The minimum Gasteiger partial charge on any atom is -0.342 e. The van der Waals surface area contributed by atoms with Crippen LogP contribution in [-0.4, -0.2) is 58.9 Å². The highest BCUT2D eigenvalue weighted by Gasteiger charge is 2.29. The zero-order valence-electron chi connectivity index (χ0n) is 15.5. The molecule has 1 aromatic heterocycles. The number of hydrogen-bond acceptors (Lipinski definition) is 5. The Bertz CT molecular complexity index is 612. The maximum absolute atomic E-state index is 12.6. The molecule has 2 aliphatic heterocycles. The van der Waals surface area contributed by atoms with Gasteiger partial charge in [-0.15, -0.1) is 24.8 Å². The van der Waals surface area contributed by atoms with Gasteiger partial charge >= 0.3 is 0 Å². The standard InChI is InChI=1S/C18H26N4O2S.2ClH/c1-13-4-5-16(20-10-13)21-18(24)14-3-2-7-22(11-14)17(23)9-15-12-25-8-6-19-15;;/h4-5,10,14-15,19H,2-3,6-9,11-12H2,1H3,(H,20,21,24);2*1H. The van der Waals surface area contributed by atoms with Crippen LogP contribution in [0.4, 0.5) is 5.82 Å². The van der Waals surface area contributed by atoms with E-state index in [1.54, 1.807) is 6.20 Å². The Hall–Kier alpha value is -1.02. The molecule has 3 heterocycles. The number of thioether (sulfide) groups is 1. The topological polar surface area (TPSA) is 74.3 Å². The van der Waals surface area contributed by atoms with E-state index in [9.17, 15) is 9.59 Å². The normalized spacial score (nSPS) is 22.2. The molecular formula is C18H28Cl2N4O2S. The van der Waals surface area contributed by atoms with Crippen molar-refractivity contribution in [2.24, 2.45) is 5.92 Å². The fourth-order valence-electron chi connectivity index (χ4n) is 3.28. The van der Waals surface area contributed by atoms with Gasteiger partial charge in [0.15, 0.2) is 0 Å². The third kappa shape index (κ3) is 7.14. The fourth-order valence-corrected chi connectivity index (χ4v) is 4.23. The molecule has 27 heavy (non-hydrogen) atoms. The summed E-state index contributed by atoms with van der Waals surface area (Å²) < 4.78 is 0. The van der Waals surface area contributed by atoms with E-state index in [1.807, 2.05) is 35.7 Å². The summed E-state index contributed by atoms with van der Waals surface area (Å²) in [4.78, 5) is 31.1. The van der Waals surface area contributed by atoms with Gasteiger partial charge in [-0.1, -0.05) is 6.07 Å². The number of likely N-dealkylation sites (tertiary alicyclic amines) is 1. The average molecular weight is 435 g/mol. The molecule has 2 aliphatic rings. The number of carbonyl (C=O) groups excluding carboxylic acids is 2. The molecule has 9 heteroatoms. The Labute approximate surface area is 177 Å². The number of nitrogens with zero attached hydrogens (tertiary/aromatic N) is 2. The lowest BCUT2D eigenvalue weighted by atomic mass is 9.96. The number of nitrogens with one attached hydrogen (secondary N) is 2. The Kier molecular flexibility index (Phi) is 10.4. The fraction of sp³-hybridized carbons (Fsp3) is 0.611. The second kappa shape index (κ2) is 11.7. The number of aromatic nitrogens is 1. The Morgan fingerprint density at radius 3 is 2.85 bits per heavy atom. The van der Waals surface area contributed by atoms with E-state index in [0.29, 0.717) is 18.8 Å². The Balaban J connectivity index is 0.00000182. The van der Waals surface area contributed by atoms with E-state index in [2.05, 4.69) is 15.6 Å². The van der Waals surface area contributed by atoms with E-state index in [4.69, 9.17) is 0 Å². The monoisotopic (exact) mass is 434 g/mol. The predicted molar refractivity (Wildman–Crippen MR) is 115 cm³/mol. The number of rotatable bonds is 4. The van der Waals surface area contributed by atoms with E-state index >= 15 is 0 Å². The van der Waals surface area contributed by atoms with Crippen LogP contribution in [0.5, 0.6) is 0 Å². The molecule has 0 spiro atoms. The number of hydrogen-bond donors (Lipinski definition) is 2. The van der Waals surface area contributed by atoms with Crippen molar-refractivity contribution < 1.29 is 9.59 Å². The van der Waals surface area contributed by atoms with E-state index in [0.717, 1.165) is 43.0 Å². The van der Waals surface area contributed by atoms with Gasteiger partial charge in [0.05, 0.1) is 5.92 Å². The molecule has 2 fully saturated rings. The first-order valence-corrected chi connectivity index (χ1v) is 10.1. The third-order valence-corrected chi connectivity index (χ3v) is 5.86. The van der Waals surface area contributed by atoms with Crippen LogP contribution >= 0.6 is 36.6 Å². The molecule has 2 saturated heterocycles. The number of carbonyl (C=O) groups is 2.